The molecule has 2 heteroatoms. The van der Waals surface area contributed by atoms with Crippen molar-refractivity contribution in [2.75, 3.05) is 13.1 Å². The Kier molecular flexibility index (Phi) is 4.24. The van der Waals surface area contributed by atoms with Crippen LogP contribution in [-0.2, 0) is 4.79 Å². The Morgan fingerprint density at radius 1 is 1.11 bits per heavy atom. The maximum atomic E-state index is 12.1. The second-order valence-corrected chi connectivity index (χ2v) is 10.9. The second kappa shape index (κ2) is 6.31. The standard InChI is InChI=1S/C25H37NO/c1-16-13-18-14-19(27)8-10-24(18,2)22-9-11-25(3)20(6-7-21(25)23(16)22)17-5-4-12-26-15-17/h6,13,16-17,21-23,26H,4-5,7-12,14-15H2,1-3H3/t16?,17?,21-,22+,23-,24-,25+/m0/s1. The Morgan fingerprint density at radius 2 is 1.96 bits per heavy atom. The second-order valence-electron chi connectivity index (χ2n) is 10.9. The summed E-state index contributed by atoms with van der Waals surface area (Å²) in [6.45, 7) is 9.97. The minimum Gasteiger partial charge on any atom is -0.316 e. The maximum absolute atomic E-state index is 12.1. The molecule has 1 heterocycles. The Morgan fingerprint density at radius 3 is 2.74 bits per heavy atom. The molecule has 1 N–H and O–H groups in total. The lowest BCUT2D eigenvalue weighted by Gasteiger charge is -2.59. The molecule has 0 bridgehead atoms. The number of nitrogens with one attached hydrogen (secondary N) is 1. The molecule has 4 aliphatic carbocycles. The highest BCUT2D eigenvalue weighted by atomic mass is 16.1. The van der Waals surface area contributed by atoms with Gasteiger partial charge in [0.15, 0.2) is 0 Å². The van der Waals surface area contributed by atoms with Gasteiger partial charge in [0.2, 0.25) is 0 Å². The van der Waals surface area contributed by atoms with Crippen molar-refractivity contribution in [2.45, 2.75) is 72.1 Å². The number of carbonyl (C=O) groups excluding carboxylic acids is 1. The first-order valence-electron chi connectivity index (χ1n) is 11.6. The average molecular weight is 368 g/mol. The highest BCUT2D eigenvalue weighted by Crippen LogP contribution is 2.66. The minimum absolute atomic E-state index is 0.293. The molecule has 0 spiro atoms. The van der Waals surface area contributed by atoms with Crippen LogP contribution in [0.3, 0.4) is 0 Å². The molecule has 0 aromatic heterocycles. The van der Waals surface area contributed by atoms with Gasteiger partial charge in [0.25, 0.3) is 0 Å². The number of piperidine rings is 1. The molecule has 27 heavy (non-hydrogen) atoms. The molecule has 2 nitrogen and oxygen atoms in total. The number of carbonyl (C=O) groups is 1. The number of allylic oxidation sites excluding steroid dienone is 3. The Balaban J connectivity index is 1.47. The molecule has 2 unspecified atom stereocenters. The lowest BCUT2D eigenvalue weighted by atomic mass is 9.45. The van der Waals surface area contributed by atoms with Crippen molar-refractivity contribution < 1.29 is 4.79 Å². The van der Waals surface area contributed by atoms with Crippen molar-refractivity contribution in [1.29, 1.82) is 0 Å². The van der Waals surface area contributed by atoms with E-state index in [-0.39, 0.29) is 0 Å². The Bertz CT molecular complexity index is 699. The fourth-order valence-corrected chi connectivity index (χ4v) is 8.19. The van der Waals surface area contributed by atoms with Crippen LogP contribution in [0.1, 0.15) is 72.1 Å². The van der Waals surface area contributed by atoms with E-state index in [0.717, 1.165) is 42.9 Å². The quantitative estimate of drug-likeness (QED) is 0.637. The molecule has 1 aliphatic heterocycles. The van der Waals surface area contributed by atoms with Crippen LogP contribution in [0.4, 0.5) is 0 Å². The van der Waals surface area contributed by atoms with E-state index in [9.17, 15) is 4.79 Å². The van der Waals surface area contributed by atoms with Gasteiger partial charge in [-0.3, -0.25) is 4.79 Å². The van der Waals surface area contributed by atoms with E-state index < -0.39 is 0 Å². The summed E-state index contributed by atoms with van der Waals surface area (Å²) in [6.07, 6.45) is 14.6. The number of fused-ring (bicyclic) bond motifs is 5. The molecule has 7 atom stereocenters. The van der Waals surface area contributed by atoms with Crippen LogP contribution < -0.4 is 5.32 Å². The number of hydrogen-bond donors (Lipinski definition) is 1. The van der Waals surface area contributed by atoms with Crippen molar-refractivity contribution in [3.63, 3.8) is 0 Å². The largest absolute Gasteiger partial charge is 0.316 e. The van der Waals surface area contributed by atoms with Crippen LogP contribution >= 0.6 is 0 Å². The first-order chi connectivity index (χ1) is 12.9. The summed E-state index contributed by atoms with van der Waals surface area (Å²) in [7, 11) is 0. The topological polar surface area (TPSA) is 29.1 Å². The van der Waals surface area contributed by atoms with E-state index in [2.05, 4.69) is 38.2 Å². The first-order valence-corrected chi connectivity index (χ1v) is 11.6. The number of hydrogen-bond acceptors (Lipinski definition) is 2. The predicted octanol–water partition coefficient (Wildman–Crippen LogP) is 5.30. The van der Waals surface area contributed by atoms with E-state index >= 15 is 0 Å². The Labute approximate surface area is 165 Å². The van der Waals surface area contributed by atoms with Crippen molar-refractivity contribution in [3.8, 4) is 0 Å². The summed E-state index contributed by atoms with van der Waals surface area (Å²) >= 11 is 0. The van der Waals surface area contributed by atoms with E-state index in [1.165, 1.54) is 50.8 Å². The zero-order valence-corrected chi connectivity index (χ0v) is 17.5. The van der Waals surface area contributed by atoms with Gasteiger partial charge in [0.05, 0.1) is 0 Å². The van der Waals surface area contributed by atoms with Crippen LogP contribution in [-0.4, -0.2) is 18.9 Å². The van der Waals surface area contributed by atoms with E-state index in [1.54, 1.807) is 0 Å². The van der Waals surface area contributed by atoms with Gasteiger partial charge in [-0.1, -0.05) is 44.1 Å². The van der Waals surface area contributed by atoms with Gasteiger partial charge in [0, 0.05) is 19.4 Å². The van der Waals surface area contributed by atoms with Gasteiger partial charge in [-0.25, -0.2) is 0 Å². The van der Waals surface area contributed by atoms with Crippen LogP contribution in [0.25, 0.3) is 0 Å². The molecular formula is C25H37NO. The smallest absolute Gasteiger partial charge is 0.136 e. The fourth-order valence-electron chi connectivity index (χ4n) is 8.19. The van der Waals surface area contributed by atoms with E-state index in [1.807, 2.05) is 5.57 Å². The summed E-state index contributed by atoms with van der Waals surface area (Å²) in [5, 5.41) is 3.65. The zero-order valence-electron chi connectivity index (χ0n) is 17.5. The van der Waals surface area contributed by atoms with Gasteiger partial charge < -0.3 is 5.32 Å². The normalized spacial score (nSPS) is 49.6. The summed E-state index contributed by atoms with van der Waals surface area (Å²) in [5.74, 6) is 4.28. The molecule has 0 aromatic carbocycles. The summed E-state index contributed by atoms with van der Waals surface area (Å²) in [4.78, 5) is 12.1. The summed E-state index contributed by atoms with van der Waals surface area (Å²) < 4.78 is 0. The highest BCUT2D eigenvalue weighted by molar-refractivity contribution is 5.82. The van der Waals surface area contributed by atoms with Crippen LogP contribution in [0.5, 0.6) is 0 Å². The van der Waals surface area contributed by atoms with E-state index in [4.69, 9.17) is 0 Å². The Hall–Kier alpha value is -0.890. The van der Waals surface area contributed by atoms with Crippen molar-refractivity contribution >= 4 is 5.78 Å². The maximum Gasteiger partial charge on any atom is 0.136 e. The van der Waals surface area contributed by atoms with Crippen LogP contribution in [0.15, 0.2) is 23.3 Å². The summed E-state index contributed by atoms with van der Waals surface area (Å²) in [6, 6.07) is 0. The molecule has 5 rings (SSSR count). The third-order valence-electron chi connectivity index (χ3n) is 9.64. The molecule has 0 amide bonds. The molecular weight excluding hydrogens is 330 g/mol. The monoisotopic (exact) mass is 367 g/mol. The molecule has 2 saturated carbocycles. The lowest BCUT2D eigenvalue weighted by Crippen LogP contribution is -2.52. The molecule has 1 saturated heterocycles. The summed E-state index contributed by atoms with van der Waals surface area (Å²) in [5.41, 5.74) is 4.02. The number of Topliss-reactive ketones (excluding diaryl/α,β-unsaturated/α-hetero) is 1. The molecule has 0 radical (unpaired) electrons. The van der Waals surface area contributed by atoms with Gasteiger partial charge in [-0.05, 0) is 85.5 Å². The van der Waals surface area contributed by atoms with Crippen LogP contribution in [0, 0.1) is 40.4 Å². The van der Waals surface area contributed by atoms with Gasteiger partial charge in [0.1, 0.15) is 5.78 Å². The number of rotatable bonds is 1. The molecule has 5 aliphatic rings. The highest BCUT2D eigenvalue weighted by Gasteiger charge is 2.58. The predicted molar refractivity (Wildman–Crippen MR) is 110 cm³/mol. The number of ketones is 1. The third kappa shape index (κ3) is 2.58. The third-order valence-corrected chi connectivity index (χ3v) is 9.64. The fraction of sp³-hybridized carbons (Fsp3) is 0.800. The van der Waals surface area contributed by atoms with Crippen molar-refractivity contribution in [2.24, 2.45) is 40.4 Å². The van der Waals surface area contributed by atoms with Gasteiger partial charge >= 0.3 is 0 Å². The zero-order chi connectivity index (χ0) is 18.8. The van der Waals surface area contributed by atoms with Gasteiger partial charge in [-0.2, -0.15) is 0 Å². The average Bonchev–Trinajstić information content (AvgIpc) is 3.01. The van der Waals surface area contributed by atoms with Crippen LogP contribution in [0.2, 0.25) is 0 Å². The minimum atomic E-state index is 0.293. The first kappa shape index (κ1) is 18.2. The van der Waals surface area contributed by atoms with Crippen molar-refractivity contribution in [3.05, 3.63) is 23.3 Å². The molecule has 148 valence electrons. The van der Waals surface area contributed by atoms with Crippen molar-refractivity contribution in [1.82, 2.24) is 5.32 Å². The van der Waals surface area contributed by atoms with Gasteiger partial charge in [-0.15, -0.1) is 0 Å². The molecule has 3 fully saturated rings. The van der Waals surface area contributed by atoms with E-state index in [0.29, 0.717) is 22.5 Å². The lowest BCUT2D eigenvalue weighted by molar-refractivity contribution is -0.122. The SMILES string of the molecule is CC1C=C2CC(=O)CC[C@]2(C)[C@@H]2CC[C@]3(C)C(C4CCCNC4)=CC[C@H]3[C@H]12. The molecule has 0 aromatic rings.